The number of benzene rings is 3. The number of ether oxygens (including phenoxy) is 1. The Labute approximate surface area is 193 Å². The first-order valence-corrected chi connectivity index (χ1v) is 11.1. The number of nitrogens with zero attached hydrogens (tertiary/aromatic N) is 1. The molecule has 3 aromatic rings. The molecule has 0 bridgehead atoms. The van der Waals surface area contributed by atoms with Gasteiger partial charge >= 0.3 is 6.09 Å². The van der Waals surface area contributed by atoms with Crippen molar-refractivity contribution in [1.82, 2.24) is 4.90 Å². The molecule has 1 aliphatic rings. The third-order valence-corrected chi connectivity index (χ3v) is 6.39. The third kappa shape index (κ3) is 4.92. The minimum Gasteiger partial charge on any atom is -0.438 e. The summed E-state index contributed by atoms with van der Waals surface area (Å²) in [6.07, 6.45) is -0.808. The number of hydrogen-bond acceptors (Lipinski definition) is 4. The summed E-state index contributed by atoms with van der Waals surface area (Å²) in [6.45, 7) is 2.01. The van der Waals surface area contributed by atoms with Gasteiger partial charge in [0, 0.05) is 19.4 Å². The molecule has 3 aromatic carbocycles. The molecule has 0 spiro atoms. The molecule has 0 aliphatic carbocycles. The molecule has 1 aliphatic heterocycles. The first-order valence-electron chi connectivity index (χ1n) is 11.1. The van der Waals surface area contributed by atoms with Crippen LogP contribution in [0.25, 0.3) is 11.1 Å². The summed E-state index contributed by atoms with van der Waals surface area (Å²) in [5.74, 6) is -0.273. The molecule has 5 nitrogen and oxygen atoms in total. The van der Waals surface area contributed by atoms with E-state index in [-0.39, 0.29) is 18.3 Å². The van der Waals surface area contributed by atoms with Gasteiger partial charge in [0.15, 0.2) is 0 Å². The van der Waals surface area contributed by atoms with E-state index in [4.69, 9.17) is 4.74 Å². The Balaban J connectivity index is 1.51. The first-order chi connectivity index (χ1) is 15.9. The zero-order valence-electron chi connectivity index (χ0n) is 18.5. The highest BCUT2D eigenvalue weighted by Crippen LogP contribution is 2.40. The molecular weight excluding hydrogens is 421 g/mol. The van der Waals surface area contributed by atoms with Crippen molar-refractivity contribution < 1.29 is 24.1 Å². The van der Waals surface area contributed by atoms with Crippen molar-refractivity contribution >= 4 is 6.09 Å². The molecule has 1 saturated heterocycles. The lowest BCUT2D eigenvalue weighted by Gasteiger charge is -2.44. The Morgan fingerprint density at radius 1 is 1.00 bits per heavy atom. The van der Waals surface area contributed by atoms with Crippen LogP contribution < -0.4 is 0 Å². The molecule has 1 heterocycles. The highest BCUT2D eigenvalue weighted by atomic mass is 19.1. The zero-order chi connectivity index (χ0) is 23.4. The van der Waals surface area contributed by atoms with Crippen LogP contribution in [0.2, 0.25) is 0 Å². The lowest BCUT2D eigenvalue weighted by atomic mass is 9.83. The van der Waals surface area contributed by atoms with Gasteiger partial charge in [-0.25, -0.2) is 9.18 Å². The van der Waals surface area contributed by atoms with Gasteiger partial charge in [0.05, 0.1) is 18.8 Å². The van der Waals surface area contributed by atoms with Gasteiger partial charge in [-0.05, 0) is 41.3 Å². The summed E-state index contributed by atoms with van der Waals surface area (Å²) in [5, 5.41) is 19.5. The van der Waals surface area contributed by atoms with Crippen molar-refractivity contribution in [3.63, 3.8) is 0 Å². The average molecular weight is 450 g/mol. The third-order valence-electron chi connectivity index (χ3n) is 6.39. The van der Waals surface area contributed by atoms with Gasteiger partial charge in [0.25, 0.3) is 0 Å². The average Bonchev–Trinajstić information content (AvgIpc) is 2.85. The zero-order valence-corrected chi connectivity index (χ0v) is 18.5. The fraction of sp³-hybridized carbons (Fsp3) is 0.296. The number of aliphatic hydroxyl groups excluding tert-OH is 2. The minimum atomic E-state index is -0.985. The van der Waals surface area contributed by atoms with E-state index < -0.39 is 24.4 Å². The van der Waals surface area contributed by atoms with Gasteiger partial charge in [0.1, 0.15) is 11.4 Å². The molecular formula is C27H28FNO4. The first kappa shape index (κ1) is 23.0. The largest absolute Gasteiger partial charge is 0.438 e. The Hall–Kier alpha value is -3.22. The van der Waals surface area contributed by atoms with Gasteiger partial charge in [0.2, 0.25) is 0 Å². The highest BCUT2D eigenvalue weighted by Gasteiger charge is 2.44. The normalized spacial score (nSPS) is 20.2. The molecule has 3 atom stereocenters. The Kier molecular flexibility index (Phi) is 6.77. The molecule has 2 N–H and O–H groups in total. The summed E-state index contributed by atoms with van der Waals surface area (Å²) in [4.78, 5) is 14.8. The van der Waals surface area contributed by atoms with Crippen molar-refractivity contribution in [2.45, 2.75) is 37.5 Å². The lowest BCUT2D eigenvalue weighted by Crippen LogP contribution is -2.50. The number of carbonyl (C=O) groups excluding carboxylic acids is 1. The van der Waals surface area contributed by atoms with Crippen molar-refractivity contribution in [1.29, 1.82) is 0 Å². The molecule has 172 valence electrons. The second kappa shape index (κ2) is 9.73. The Morgan fingerprint density at radius 2 is 1.61 bits per heavy atom. The van der Waals surface area contributed by atoms with Gasteiger partial charge in [-0.3, -0.25) is 0 Å². The van der Waals surface area contributed by atoms with E-state index in [1.54, 1.807) is 17.0 Å². The summed E-state index contributed by atoms with van der Waals surface area (Å²) >= 11 is 0. The maximum atomic E-state index is 13.2. The monoisotopic (exact) mass is 449 g/mol. The number of cyclic esters (lactones) is 1. The predicted molar refractivity (Wildman–Crippen MR) is 124 cm³/mol. The summed E-state index contributed by atoms with van der Waals surface area (Å²) in [5.41, 5.74) is 2.67. The van der Waals surface area contributed by atoms with Crippen LogP contribution in [0.15, 0.2) is 78.9 Å². The molecule has 4 rings (SSSR count). The molecule has 33 heavy (non-hydrogen) atoms. The number of carbonyl (C=O) groups is 1. The highest BCUT2D eigenvalue weighted by molar-refractivity contribution is 5.70. The van der Waals surface area contributed by atoms with Crippen molar-refractivity contribution in [3.8, 4) is 11.1 Å². The standard InChI is InChI=1S/C27H28FNO4/c1-19(20-7-9-21(10-8-20)22-11-13-24(28)14-12-22)29-16-15-27(33-26(29)32,17-25(31)18-30)23-5-3-2-4-6-23/h2-14,19,25,30-31H,15-18H2,1H3/t19-,25-,27-/m0/s1. The number of aliphatic hydroxyl groups is 2. The summed E-state index contributed by atoms with van der Waals surface area (Å²) in [7, 11) is 0. The maximum absolute atomic E-state index is 13.2. The minimum absolute atomic E-state index is 0.133. The van der Waals surface area contributed by atoms with E-state index in [0.29, 0.717) is 13.0 Å². The van der Waals surface area contributed by atoms with Crippen LogP contribution in [0.1, 0.15) is 36.9 Å². The van der Waals surface area contributed by atoms with E-state index in [2.05, 4.69) is 0 Å². The number of amides is 1. The van der Waals surface area contributed by atoms with Gasteiger partial charge in [-0.15, -0.1) is 0 Å². The van der Waals surface area contributed by atoms with Crippen molar-refractivity contribution in [2.75, 3.05) is 13.2 Å². The molecule has 1 amide bonds. The molecule has 1 fully saturated rings. The van der Waals surface area contributed by atoms with Crippen LogP contribution >= 0.6 is 0 Å². The second-order valence-electron chi connectivity index (χ2n) is 8.52. The fourth-order valence-electron chi connectivity index (χ4n) is 4.45. The van der Waals surface area contributed by atoms with Crippen molar-refractivity contribution in [3.05, 3.63) is 95.8 Å². The van der Waals surface area contributed by atoms with Crippen LogP contribution in [-0.2, 0) is 10.3 Å². The summed E-state index contributed by atoms with van der Waals surface area (Å²) < 4.78 is 19.2. The Bertz CT molecular complexity index is 1070. The van der Waals surface area contributed by atoms with Gasteiger partial charge in [-0.1, -0.05) is 66.7 Å². The quantitative estimate of drug-likeness (QED) is 0.531. The molecule has 0 aromatic heterocycles. The SMILES string of the molecule is C[C@@H](c1ccc(-c2ccc(F)cc2)cc1)N1CC[C@](C[C@H](O)CO)(c2ccccc2)OC1=O. The van der Waals surface area contributed by atoms with Crippen LogP contribution in [0.4, 0.5) is 9.18 Å². The maximum Gasteiger partial charge on any atom is 0.411 e. The second-order valence-corrected chi connectivity index (χ2v) is 8.52. The molecule has 0 saturated carbocycles. The smallest absolute Gasteiger partial charge is 0.411 e. The van der Waals surface area contributed by atoms with E-state index in [1.165, 1.54) is 12.1 Å². The molecule has 0 radical (unpaired) electrons. The Morgan fingerprint density at radius 3 is 2.18 bits per heavy atom. The van der Waals surface area contributed by atoms with Crippen molar-refractivity contribution in [2.24, 2.45) is 0 Å². The topological polar surface area (TPSA) is 70.0 Å². The predicted octanol–water partition coefficient (Wildman–Crippen LogP) is 5.03. The fourth-order valence-corrected chi connectivity index (χ4v) is 4.45. The van der Waals surface area contributed by atoms with E-state index >= 15 is 0 Å². The number of halogens is 1. The number of hydrogen-bond donors (Lipinski definition) is 2. The van der Waals surface area contributed by atoms with Crippen LogP contribution in [-0.4, -0.2) is 40.5 Å². The number of rotatable bonds is 7. The van der Waals surface area contributed by atoms with E-state index in [1.807, 2.05) is 61.5 Å². The molecule has 6 heteroatoms. The molecule has 0 unspecified atom stereocenters. The summed E-state index contributed by atoms with van der Waals surface area (Å²) in [6, 6.07) is 23.4. The van der Waals surface area contributed by atoms with Crippen LogP contribution in [0, 0.1) is 5.82 Å². The van der Waals surface area contributed by atoms with Crippen LogP contribution in [0.3, 0.4) is 0 Å². The van der Waals surface area contributed by atoms with Crippen LogP contribution in [0.5, 0.6) is 0 Å². The lowest BCUT2D eigenvalue weighted by molar-refractivity contribution is -0.0892. The van der Waals surface area contributed by atoms with Gasteiger partial charge < -0.3 is 19.8 Å². The van der Waals surface area contributed by atoms with E-state index in [9.17, 15) is 19.4 Å². The van der Waals surface area contributed by atoms with E-state index in [0.717, 1.165) is 22.3 Å². The van der Waals surface area contributed by atoms with Gasteiger partial charge in [-0.2, -0.15) is 0 Å².